The highest BCUT2D eigenvalue weighted by Crippen LogP contribution is 2.47. The Morgan fingerprint density at radius 2 is 1.19 bits per heavy atom. The zero-order valence-electron chi connectivity index (χ0n) is 39.9. The number of ether oxygens (including phenoxy) is 1. The van der Waals surface area contributed by atoms with E-state index < -0.39 is 19.1 Å². The predicted molar refractivity (Wildman–Crippen MR) is 243 cm³/mol. The molecule has 290 valence electrons. The van der Waals surface area contributed by atoms with Gasteiger partial charge in [0.1, 0.15) is 24.0 Å². The third kappa shape index (κ3) is 6.68. The summed E-state index contributed by atoms with van der Waals surface area (Å²) in [6, 6.07) is 51.5. The molecule has 1 aliphatic rings. The lowest BCUT2D eigenvalue weighted by Gasteiger charge is -2.29. The highest BCUT2D eigenvalue weighted by molar-refractivity contribution is 6.09. The lowest BCUT2D eigenvalue weighted by atomic mass is 9.78. The third-order valence-electron chi connectivity index (χ3n) is 11.6. The molecule has 0 atom stereocenters. The molecule has 0 amide bonds. The summed E-state index contributed by atoms with van der Waals surface area (Å²) in [6.45, 7) is 7.43. The first-order valence-electron chi connectivity index (χ1n) is 22.9. The largest absolute Gasteiger partial charge is 0.457 e. The van der Waals surface area contributed by atoms with Crippen molar-refractivity contribution >= 4 is 44.6 Å². The van der Waals surface area contributed by atoms with Crippen LogP contribution in [-0.2, 0) is 16.2 Å². The van der Waals surface area contributed by atoms with Crippen molar-refractivity contribution in [3.05, 3.63) is 180 Å². The van der Waals surface area contributed by atoms with Crippen LogP contribution in [0.15, 0.2) is 158 Å². The van der Waals surface area contributed by atoms with Gasteiger partial charge >= 0.3 is 0 Å². The van der Waals surface area contributed by atoms with Crippen LogP contribution in [0.3, 0.4) is 0 Å². The van der Waals surface area contributed by atoms with E-state index in [1.807, 2.05) is 47.0 Å². The van der Waals surface area contributed by atoms with Crippen molar-refractivity contribution in [2.24, 2.45) is 0 Å². The van der Waals surface area contributed by atoms with E-state index in [9.17, 15) is 0 Å². The van der Waals surface area contributed by atoms with Crippen molar-refractivity contribution in [3.63, 3.8) is 0 Å². The molecule has 0 radical (unpaired) electrons. The summed E-state index contributed by atoms with van der Waals surface area (Å²) < 4.78 is 58.7. The Labute approximate surface area is 351 Å². The maximum atomic E-state index is 8.31. The number of rotatable bonds is 7. The maximum Gasteiger partial charge on any atom is 0.137 e. The quantitative estimate of drug-likeness (QED) is 0.162. The van der Waals surface area contributed by atoms with Gasteiger partial charge in [-0.2, -0.15) is 0 Å². The molecule has 5 nitrogen and oxygen atoms in total. The van der Waals surface area contributed by atoms with Gasteiger partial charge in [-0.05, 0) is 99.8 Å². The van der Waals surface area contributed by atoms with Gasteiger partial charge in [0, 0.05) is 54.1 Å². The SMILES string of the molecule is [2H]C([2H])([2H])C(C)(c1ccnc(-n2c3ccccc3c3ccc(Oc4cc(N5CN(c6cccc(C(C)(C)c7ccccc7)c6)c6ccccc65)cc(C(C)(C)C)c4)cc32)c1)C([2H])([2H])[2H]. The highest BCUT2D eigenvalue weighted by atomic mass is 16.5. The van der Waals surface area contributed by atoms with E-state index in [-0.39, 0.29) is 16.4 Å². The summed E-state index contributed by atoms with van der Waals surface area (Å²) in [5.74, 6) is 1.68. The molecule has 5 heteroatoms. The molecule has 0 bridgehead atoms. The highest BCUT2D eigenvalue weighted by Gasteiger charge is 2.31. The number of hydrogen-bond acceptors (Lipinski definition) is 4. The fourth-order valence-corrected chi connectivity index (χ4v) is 8.22. The molecule has 6 aromatic carbocycles. The third-order valence-corrected chi connectivity index (χ3v) is 11.6. The van der Waals surface area contributed by atoms with Crippen molar-refractivity contribution in [3.8, 4) is 17.3 Å². The monoisotopic (exact) mass is 766 g/mol. The zero-order valence-corrected chi connectivity index (χ0v) is 33.9. The Balaban J connectivity index is 1.11. The molecule has 0 aliphatic carbocycles. The Bertz CT molecular complexity index is 3020. The van der Waals surface area contributed by atoms with E-state index >= 15 is 0 Å². The Kier molecular flexibility index (Phi) is 7.40. The minimum Gasteiger partial charge on any atom is -0.457 e. The molecule has 9 rings (SSSR count). The lowest BCUT2D eigenvalue weighted by Crippen LogP contribution is -2.25. The van der Waals surface area contributed by atoms with E-state index in [1.54, 1.807) is 6.07 Å². The number of aromatic nitrogens is 2. The molecule has 58 heavy (non-hydrogen) atoms. The summed E-state index contributed by atoms with van der Waals surface area (Å²) in [5, 5.41) is 1.91. The normalized spacial score (nSPS) is 15.3. The number of benzene rings is 6. The van der Waals surface area contributed by atoms with Crippen LogP contribution < -0.4 is 14.5 Å². The first-order chi connectivity index (χ1) is 30.3. The first kappa shape index (κ1) is 30.8. The van der Waals surface area contributed by atoms with Gasteiger partial charge in [0.05, 0.1) is 22.4 Å². The molecule has 0 saturated heterocycles. The molecule has 1 aliphatic heterocycles. The summed E-state index contributed by atoms with van der Waals surface area (Å²) in [4.78, 5) is 9.41. The molecule has 0 unspecified atom stereocenters. The van der Waals surface area contributed by atoms with Gasteiger partial charge in [0.25, 0.3) is 0 Å². The van der Waals surface area contributed by atoms with Gasteiger partial charge in [-0.1, -0.05) is 128 Å². The number of para-hydroxylation sites is 3. The molecule has 0 spiro atoms. The van der Waals surface area contributed by atoms with E-state index in [1.165, 1.54) is 30.3 Å². The number of anilines is 4. The fraction of sp³-hybridized carbons (Fsp3) is 0.226. The topological polar surface area (TPSA) is 33.5 Å². The summed E-state index contributed by atoms with van der Waals surface area (Å²) in [7, 11) is 0. The van der Waals surface area contributed by atoms with Crippen molar-refractivity contribution in [1.29, 1.82) is 0 Å². The zero-order chi connectivity index (χ0) is 45.4. The van der Waals surface area contributed by atoms with Crippen LogP contribution in [-0.4, -0.2) is 16.2 Å². The second-order valence-electron chi connectivity index (χ2n) is 17.2. The average molecular weight is 767 g/mol. The van der Waals surface area contributed by atoms with E-state index in [0.29, 0.717) is 24.0 Å². The fourth-order valence-electron chi connectivity index (χ4n) is 8.22. The number of fused-ring (bicyclic) bond motifs is 4. The van der Waals surface area contributed by atoms with Gasteiger partial charge < -0.3 is 14.5 Å². The van der Waals surface area contributed by atoms with Crippen LogP contribution in [0, 0.1) is 0 Å². The first-order valence-corrected chi connectivity index (χ1v) is 19.9. The molecule has 2 aromatic heterocycles. The van der Waals surface area contributed by atoms with E-state index in [2.05, 4.69) is 146 Å². The van der Waals surface area contributed by atoms with Crippen molar-refractivity contribution < 1.29 is 13.0 Å². The Morgan fingerprint density at radius 3 is 1.95 bits per heavy atom. The van der Waals surface area contributed by atoms with Crippen molar-refractivity contribution in [2.75, 3.05) is 16.5 Å². The minimum absolute atomic E-state index is 0.160. The van der Waals surface area contributed by atoms with Crippen molar-refractivity contribution in [1.82, 2.24) is 9.55 Å². The molecular formula is C53H52N4O. The number of pyridine rings is 1. The van der Waals surface area contributed by atoms with Crippen LogP contribution in [0.4, 0.5) is 22.7 Å². The van der Waals surface area contributed by atoms with Crippen LogP contribution in [0.25, 0.3) is 27.6 Å². The minimum atomic E-state index is -2.81. The van der Waals surface area contributed by atoms with Gasteiger partial charge in [-0.3, -0.25) is 4.57 Å². The average Bonchev–Trinajstić information content (AvgIpc) is 3.81. The number of nitrogens with zero attached hydrogens (tertiary/aromatic N) is 4. The summed E-state index contributed by atoms with van der Waals surface area (Å²) in [6.07, 6.45) is 1.49. The Morgan fingerprint density at radius 1 is 0.517 bits per heavy atom. The molecule has 8 aromatic rings. The predicted octanol–water partition coefficient (Wildman–Crippen LogP) is 14.1. The summed E-state index contributed by atoms with van der Waals surface area (Å²) >= 11 is 0. The molecule has 0 saturated carbocycles. The van der Waals surface area contributed by atoms with E-state index in [0.717, 1.165) is 50.1 Å². The van der Waals surface area contributed by atoms with Crippen LogP contribution >= 0.6 is 0 Å². The van der Waals surface area contributed by atoms with Crippen molar-refractivity contribution in [2.45, 2.75) is 71.5 Å². The van der Waals surface area contributed by atoms with Gasteiger partial charge in [0.2, 0.25) is 0 Å². The van der Waals surface area contributed by atoms with Gasteiger partial charge in [-0.25, -0.2) is 4.98 Å². The summed E-state index contributed by atoms with van der Waals surface area (Å²) in [5.41, 5.74) is 7.21. The van der Waals surface area contributed by atoms with Crippen LogP contribution in [0.2, 0.25) is 0 Å². The van der Waals surface area contributed by atoms with Crippen LogP contribution in [0.5, 0.6) is 11.5 Å². The smallest absolute Gasteiger partial charge is 0.137 e. The molecule has 3 heterocycles. The maximum absolute atomic E-state index is 8.31. The second kappa shape index (κ2) is 13.9. The standard InChI is InChI=1S/C53H52N4O/c1-51(2,3)37-27-28-54-50(32-37)57-46-22-13-12-21-44(46)45-26-25-42(34-49(45)57)58-43-31-39(52(4,5)6)30-41(33-43)56-35-55(47-23-14-15-24-48(47)56)40-20-16-19-38(29-40)53(7,8)36-17-10-9-11-18-36/h9-34H,35H2,1-8H3/i1D3,2D3. The van der Waals surface area contributed by atoms with Crippen LogP contribution in [0.1, 0.15) is 85.7 Å². The molecule has 0 fully saturated rings. The molecule has 0 N–H and O–H groups in total. The van der Waals surface area contributed by atoms with Gasteiger partial charge in [-0.15, -0.1) is 0 Å². The Hall–Kier alpha value is -6.33. The van der Waals surface area contributed by atoms with Gasteiger partial charge in [0.15, 0.2) is 0 Å². The molecular weight excluding hydrogens is 709 g/mol. The second-order valence-corrected chi connectivity index (χ2v) is 17.2. The number of hydrogen-bond donors (Lipinski definition) is 0. The van der Waals surface area contributed by atoms with E-state index in [4.69, 9.17) is 13.0 Å². The lowest BCUT2D eigenvalue weighted by molar-refractivity contribution is 0.479.